The molecule has 2 aliphatic rings. The Hall–Kier alpha value is -2.88. The van der Waals surface area contributed by atoms with Crippen molar-refractivity contribution in [3.8, 4) is 6.07 Å². The average Bonchev–Trinajstić information content (AvgIpc) is 2.81. The molecular formula is C26H33N5O. The monoisotopic (exact) mass is 431 g/mol. The van der Waals surface area contributed by atoms with Crippen LogP contribution in [0.15, 0.2) is 48.5 Å². The van der Waals surface area contributed by atoms with Crippen LogP contribution in [0.2, 0.25) is 0 Å². The Kier molecular flexibility index (Phi) is 7.41. The molecule has 0 spiro atoms. The van der Waals surface area contributed by atoms with Gasteiger partial charge in [0.15, 0.2) is 0 Å². The van der Waals surface area contributed by atoms with Crippen molar-refractivity contribution < 1.29 is 4.79 Å². The number of rotatable bonds is 6. The largest absolute Gasteiger partial charge is 0.382 e. The van der Waals surface area contributed by atoms with Gasteiger partial charge in [0, 0.05) is 57.0 Å². The summed E-state index contributed by atoms with van der Waals surface area (Å²) in [7, 11) is 0. The van der Waals surface area contributed by atoms with Crippen LogP contribution in [0, 0.1) is 11.3 Å². The fourth-order valence-electron chi connectivity index (χ4n) is 4.61. The summed E-state index contributed by atoms with van der Waals surface area (Å²) in [5.41, 5.74) is 4.10. The van der Waals surface area contributed by atoms with Gasteiger partial charge < -0.3 is 15.5 Å². The number of carbonyl (C=O) groups excluding carboxylic acids is 1. The van der Waals surface area contributed by atoms with Crippen LogP contribution in [0.3, 0.4) is 0 Å². The maximum absolute atomic E-state index is 12.8. The van der Waals surface area contributed by atoms with Crippen molar-refractivity contribution in [2.24, 2.45) is 0 Å². The highest BCUT2D eigenvalue weighted by Crippen LogP contribution is 2.18. The SMILES string of the molecule is C[C@H]1CN(Cc2ccc(CC(=O)N3CCC(Nc4ccc(C#N)cc4)CC3)cc2)CCN1. The Bertz CT molecular complexity index is 926. The first-order valence-electron chi connectivity index (χ1n) is 11.7. The summed E-state index contributed by atoms with van der Waals surface area (Å²) in [5, 5.41) is 15.9. The lowest BCUT2D eigenvalue weighted by Crippen LogP contribution is -2.48. The van der Waals surface area contributed by atoms with Gasteiger partial charge in [0.25, 0.3) is 0 Å². The summed E-state index contributed by atoms with van der Waals surface area (Å²) in [6.45, 7) is 7.98. The molecule has 2 aliphatic heterocycles. The first-order chi connectivity index (χ1) is 15.6. The Morgan fingerprint density at radius 1 is 1.06 bits per heavy atom. The lowest BCUT2D eigenvalue weighted by molar-refractivity contribution is -0.131. The molecule has 2 fully saturated rings. The van der Waals surface area contributed by atoms with E-state index in [9.17, 15) is 4.79 Å². The average molecular weight is 432 g/mol. The van der Waals surface area contributed by atoms with E-state index in [0.717, 1.165) is 63.4 Å². The van der Waals surface area contributed by atoms with Crippen molar-refractivity contribution in [2.45, 2.75) is 44.8 Å². The summed E-state index contributed by atoms with van der Waals surface area (Å²) in [6, 6.07) is 19.2. The number of nitrogens with zero attached hydrogens (tertiary/aromatic N) is 3. The van der Waals surface area contributed by atoms with E-state index in [-0.39, 0.29) is 5.91 Å². The molecule has 2 N–H and O–H groups in total. The third kappa shape index (κ3) is 6.09. The van der Waals surface area contributed by atoms with Crippen LogP contribution < -0.4 is 10.6 Å². The summed E-state index contributed by atoms with van der Waals surface area (Å²) in [4.78, 5) is 17.3. The standard InChI is InChI=1S/C26H33N5O/c1-20-18-30(15-12-28-20)19-23-4-2-21(3-5-23)16-26(32)31-13-10-25(11-14-31)29-24-8-6-22(17-27)7-9-24/h2-9,20,25,28-29H,10-16,18-19H2,1H3/t20-/m0/s1. The summed E-state index contributed by atoms with van der Waals surface area (Å²) in [5.74, 6) is 0.213. The van der Waals surface area contributed by atoms with Crippen molar-refractivity contribution in [1.82, 2.24) is 15.1 Å². The van der Waals surface area contributed by atoms with Gasteiger partial charge in [-0.15, -0.1) is 0 Å². The van der Waals surface area contributed by atoms with Crippen LogP contribution in [0.4, 0.5) is 5.69 Å². The van der Waals surface area contributed by atoms with Crippen molar-refractivity contribution in [1.29, 1.82) is 5.26 Å². The van der Waals surface area contributed by atoms with E-state index in [0.29, 0.717) is 24.1 Å². The predicted octanol–water partition coefficient (Wildman–Crippen LogP) is 3.00. The predicted molar refractivity (Wildman–Crippen MR) is 127 cm³/mol. The molecule has 6 heteroatoms. The second-order valence-electron chi connectivity index (χ2n) is 9.07. The molecule has 2 heterocycles. The first kappa shape index (κ1) is 22.3. The number of likely N-dealkylation sites (tertiary alicyclic amines) is 1. The number of anilines is 1. The molecule has 0 saturated carbocycles. The van der Waals surface area contributed by atoms with E-state index in [4.69, 9.17) is 5.26 Å². The topological polar surface area (TPSA) is 71.4 Å². The third-order valence-corrected chi connectivity index (χ3v) is 6.47. The lowest BCUT2D eigenvalue weighted by atomic mass is 10.0. The van der Waals surface area contributed by atoms with Crippen molar-refractivity contribution in [3.05, 3.63) is 65.2 Å². The molecule has 0 aromatic heterocycles. The van der Waals surface area contributed by atoms with Gasteiger partial charge in [0.2, 0.25) is 5.91 Å². The van der Waals surface area contributed by atoms with Crippen molar-refractivity contribution >= 4 is 11.6 Å². The van der Waals surface area contributed by atoms with E-state index in [1.165, 1.54) is 5.56 Å². The van der Waals surface area contributed by atoms with Gasteiger partial charge in [-0.05, 0) is 55.2 Å². The van der Waals surface area contributed by atoms with Gasteiger partial charge >= 0.3 is 0 Å². The maximum atomic E-state index is 12.8. The van der Waals surface area contributed by atoms with Crippen LogP contribution >= 0.6 is 0 Å². The molecule has 1 atom stereocenters. The summed E-state index contributed by atoms with van der Waals surface area (Å²) >= 11 is 0. The van der Waals surface area contributed by atoms with Crippen LogP contribution in [0.5, 0.6) is 0 Å². The number of amides is 1. The van der Waals surface area contributed by atoms with E-state index in [2.05, 4.69) is 52.8 Å². The quantitative estimate of drug-likeness (QED) is 0.736. The fraction of sp³-hybridized carbons (Fsp3) is 0.462. The normalized spacial score (nSPS) is 20.0. The number of carbonyl (C=O) groups is 1. The molecule has 2 saturated heterocycles. The molecule has 1 amide bonds. The minimum atomic E-state index is 0.213. The second-order valence-corrected chi connectivity index (χ2v) is 9.07. The van der Waals surface area contributed by atoms with Gasteiger partial charge in [0.05, 0.1) is 18.1 Å². The molecular weight excluding hydrogens is 398 g/mol. The summed E-state index contributed by atoms with van der Waals surface area (Å²) < 4.78 is 0. The molecule has 0 aliphatic carbocycles. The van der Waals surface area contributed by atoms with Crippen LogP contribution in [-0.2, 0) is 17.8 Å². The van der Waals surface area contributed by atoms with E-state index < -0.39 is 0 Å². The number of hydrogen-bond acceptors (Lipinski definition) is 5. The van der Waals surface area contributed by atoms with Crippen LogP contribution in [0.1, 0.15) is 36.5 Å². The highest BCUT2D eigenvalue weighted by molar-refractivity contribution is 5.78. The Morgan fingerprint density at radius 2 is 1.75 bits per heavy atom. The number of piperazine rings is 1. The number of nitrogens with one attached hydrogen (secondary N) is 2. The highest BCUT2D eigenvalue weighted by atomic mass is 16.2. The maximum Gasteiger partial charge on any atom is 0.226 e. The number of benzene rings is 2. The Labute approximate surface area is 191 Å². The molecule has 4 rings (SSSR count). The zero-order valence-corrected chi connectivity index (χ0v) is 18.9. The van der Waals surface area contributed by atoms with Crippen molar-refractivity contribution in [2.75, 3.05) is 38.0 Å². The lowest BCUT2D eigenvalue weighted by Gasteiger charge is -2.33. The van der Waals surface area contributed by atoms with Gasteiger partial charge in [-0.1, -0.05) is 24.3 Å². The van der Waals surface area contributed by atoms with E-state index >= 15 is 0 Å². The van der Waals surface area contributed by atoms with Gasteiger partial charge in [-0.25, -0.2) is 0 Å². The molecule has 6 nitrogen and oxygen atoms in total. The van der Waals surface area contributed by atoms with E-state index in [1.54, 1.807) is 0 Å². The number of nitriles is 1. The minimum Gasteiger partial charge on any atom is -0.382 e. The smallest absolute Gasteiger partial charge is 0.226 e. The molecule has 0 radical (unpaired) electrons. The zero-order valence-electron chi connectivity index (χ0n) is 18.9. The highest BCUT2D eigenvalue weighted by Gasteiger charge is 2.23. The number of piperidine rings is 1. The molecule has 2 aromatic carbocycles. The van der Waals surface area contributed by atoms with E-state index in [1.807, 2.05) is 29.2 Å². The minimum absolute atomic E-state index is 0.213. The fourth-order valence-corrected chi connectivity index (χ4v) is 4.61. The van der Waals surface area contributed by atoms with Gasteiger partial charge in [0.1, 0.15) is 0 Å². The number of hydrogen-bond donors (Lipinski definition) is 2. The first-order valence-corrected chi connectivity index (χ1v) is 11.7. The zero-order chi connectivity index (χ0) is 22.3. The molecule has 0 unspecified atom stereocenters. The van der Waals surface area contributed by atoms with Gasteiger partial charge in [-0.3, -0.25) is 9.69 Å². The van der Waals surface area contributed by atoms with Crippen LogP contribution in [0.25, 0.3) is 0 Å². The molecule has 32 heavy (non-hydrogen) atoms. The molecule has 2 aromatic rings. The van der Waals surface area contributed by atoms with Gasteiger partial charge in [-0.2, -0.15) is 5.26 Å². The molecule has 168 valence electrons. The second kappa shape index (κ2) is 10.6. The Morgan fingerprint density at radius 3 is 2.41 bits per heavy atom. The van der Waals surface area contributed by atoms with Crippen LogP contribution in [-0.4, -0.2) is 60.5 Å². The van der Waals surface area contributed by atoms with Crippen molar-refractivity contribution in [3.63, 3.8) is 0 Å². The summed E-state index contributed by atoms with van der Waals surface area (Å²) in [6.07, 6.45) is 2.35. The Balaban J connectivity index is 1.21. The molecule has 0 bridgehead atoms. The third-order valence-electron chi connectivity index (χ3n) is 6.47.